The first kappa shape index (κ1) is 19.9. The van der Waals surface area contributed by atoms with Crippen LogP contribution in [0.15, 0.2) is 42.5 Å². The molecule has 0 bridgehead atoms. The van der Waals surface area contributed by atoms with Crippen LogP contribution in [0.4, 0.5) is 15.8 Å². The topological polar surface area (TPSA) is 49.9 Å². The van der Waals surface area contributed by atoms with Gasteiger partial charge >= 0.3 is 0 Å². The largest absolute Gasteiger partial charge is 0.497 e. The summed E-state index contributed by atoms with van der Waals surface area (Å²) < 4.78 is 19.2. The maximum absolute atomic E-state index is 14.1. The molecule has 2 aromatic rings. The van der Waals surface area contributed by atoms with Gasteiger partial charge in [0.15, 0.2) is 0 Å². The van der Waals surface area contributed by atoms with Gasteiger partial charge in [0.05, 0.1) is 18.5 Å². The number of hydrogen-bond donors (Lipinski definition) is 0. The van der Waals surface area contributed by atoms with Crippen molar-refractivity contribution in [1.82, 2.24) is 0 Å². The normalized spacial score (nSPS) is 16.1. The van der Waals surface area contributed by atoms with Crippen molar-refractivity contribution in [3.8, 4) is 5.75 Å². The molecule has 6 heteroatoms. The lowest BCUT2D eigenvalue weighted by atomic mass is 10.0. The first-order valence-electron chi connectivity index (χ1n) is 9.60. The molecule has 2 amide bonds. The number of fused-ring (bicyclic) bond motifs is 1. The van der Waals surface area contributed by atoms with E-state index in [1.165, 1.54) is 17.0 Å². The average Bonchev–Trinajstić information content (AvgIpc) is 2.72. The molecule has 2 aromatic carbocycles. The van der Waals surface area contributed by atoms with E-state index in [4.69, 9.17) is 4.74 Å². The quantitative estimate of drug-likeness (QED) is 0.741. The Hall–Kier alpha value is -2.89. The summed E-state index contributed by atoms with van der Waals surface area (Å²) in [6.07, 6.45) is 2.22. The molecule has 3 rings (SSSR count). The summed E-state index contributed by atoms with van der Waals surface area (Å²) in [5.74, 6) is -0.261. The molecule has 0 aliphatic carbocycles. The third-order valence-electron chi connectivity index (χ3n) is 5.03. The van der Waals surface area contributed by atoms with E-state index in [-0.39, 0.29) is 11.8 Å². The van der Waals surface area contributed by atoms with Crippen LogP contribution >= 0.6 is 0 Å². The van der Waals surface area contributed by atoms with E-state index in [0.717, 1.165) is 12.8 Å². The van der Waals surface area contributed by atoms with Crippen molar-refractivity contribution in [3.05, 3.63) is 53.8 Å². The summed E-state index contributed by atoms with van der Waals surface area (Å²) in [6.45, 7) is 4.46. The molecule has 0 N–H and O–H groups in total. The summed E-state index contributed by atoms with van der Waals surface area (Å²) in [5, 5.41) is 0. The fourth-order valence-electron chi connectivity index (χ4n) is 3.52. The minimum absolute atomic E-state index is 0.128. The van der Waals surface area contributed by atoms with Gasteiger partial charge in [-0.25, -0.2) is 4.39 Å². The summed E-state index contributed by atoms with van der Waals surface area (Å²) in [4.78, 5) is 29.6. The summed E-state index contributed by atoms with van der Waals surface area (Å²) >= 11 is 0. The van der Waals surface area contributed by atoms with Gasteiger partial charge in [-0.1, -0.05) is 20.3 Å². The van der Waals surface area contributed by atoms with Crippen LogP contribution in [0, 0.1) is 5.82 Å². The number of amides is 2. The molecule has 1 aliphatic heterocycles. The molecule has 0 radical (unpaired) electrons. The third-order valence-corrected chi connectivity index (χ3v) is 5.03. The Balaban J connectivity index is 2.08. The lowest BCUT2D eigenvalue weighted by molar-refractivity contribution is -0.120. The Bertz CT molecular complexity index is 867. The SMILES string of the molecule is CCCCN1C(=O)[C@@H](CC)N(C(=O)c2ccc(OC)cc2)c2cc(F)ccc21. The molecular formula is C22H25FN2O3. The van der Waals surface area contributed by atoms with Crippen molar-refractivity contribution in [1.29, 1.82) is 0 Å². The van der Waals surface area contributed by atoms with Crippen molar-refractivity contribution in [3.63, 3.8) is 0 Å². The van der Waals surface area contributed by atoms with Gasteiger partial charge in [0.2, 0.25) is 5.91 Å². The highest BCUT2D eigenvalue weighted by Crippen LogP contribution is 2.38. The molecule has 0 spiro atoms. The zero-order valence-corrected chi connectivity index (χ0v) is 16.4. The lowest BCUT2D eigenvalue weighted by Crippen LogP contribution is -2.55. The molecule has 0 saturated heterocycles. The zero-order valence-electron chi connectivity index (χ0n) is 16.4. The zero-order chi connectivity index (χ0) is 20.3. The number of carbonyl (C=O) groups is 2. The van der Waals surface area contributed by atoms with Gasteiger partial charge < -0.3 is 9.64 Å². The maximum Gasteiger partial charge on any atom is 0.259 e. The lowest BCUT2D eigenvalue weighted by Gasteiger charge is -2.41. The number of nitrogens with zero attached hydrogens (tertiary/aromatic N) is 2. The molecule has 5 nitrogen and oxygen atoms in total. The maximum atomic E-state index is 14.1. The highest BCUT2D eigenvalue weighted by Gasteiger charge is 2.40. The van der Waals surface area contributed by atoms with E-state index in [1.54, 1.807) is 42.3 Å². The number of rotatable bonds is 6. The second-order valence-electron chi connectivity index (χ2n) is 6.80. The van der Waals surface area contributed by atoms with Gasteiger partial charge in [-0.05, 0) is 55.3 Å². The van der Waals surface area contributed by atoms with Gasteiger partial charge in [0, 0.05) is 12.1 Å². The Kier molecular flexibility index (Phi) is 5.97. The van der Waals surface area contributed by atoms with Crippen LogP contribution in [0.25, 0.3) is 0 Å². The van der Waals surface area contributed by atoms with Gasteiger partial charge in [-0.2, -0.15) is 0 Å². The number of carbonyl (C=O) groups excluding carboxylic acids is 2. The Morgan fingerprint density at radius 1 is 1.11 bits per heavy atom. The molecule has 0 saturated carbocycles. The number of ether oxygens (including phenoxy) is 1. The van der Waals surface area contributed by atoms with Crippen molar-refractivity contribution in [2.75, 3.05) is 23.5 Å². The molecule has 148 valence electrons. The number of methoxy groups -OCH3 is 1. The molecule has 0 unspecified atom stereocenters. The van der Waals surface area contributed by atoms with Crippen LogP contribution in [-0.4, -0.2) is 31.5 Å². The first-order chi connectivity index (χ1) is 13.5. The number of benzene rings is 2. The van der Waals surface area contributed by atoms with Gasteiger partial charge in [0.25, 0.3) is 5.91 Å². The minimum Gasteiger partial charge on any atom is -0.497 e. The Labute approximate surface area is 164 Å². The molecule has 1 heterocycles. The van der Waals surface area contributed by atoms with E-state index in [1.807, 2.05) is 6.92 Å². The van der Waals surface area contributed by atoms with Crippen LogP contribution in [0.2, 0.25) is 0 Å². The smallest absolute Gasteiger partial charge is 0.259 e. The number of hydrogen-bond acceptors (Lipinski definition) is 3. The van der Waals surface area contributed by atoms with E-state index in [2.05, 4.69) is 6.92 Å². The van der Waals surface area contributed by atoms with Gasteiger partial charge in [0.1, 0.15) is 17.6 Å². The summed E-state index contributed by atoms with van der Waals surface area (Å²) in [6, 6.07) is 10.3. The monoisotopic (exact) mass is 384 g/mol. The van der Waals surface area contributed by atoms with Crippen molar-refractivity contribution in [2.24, 2.45) is 0 Å². The third kappa shape index (κ3) is 3.59. The van der Waals surface area contributed by atoms with Crippen molar-refractivity contribution < 1.29 is 18.7 Å². The number of halogens is 1. The molecule has 28 heavy (non-hydrogen) atoms. The van der Waals surface area contributed by atoms with Crippen molar-refractivity contribution >= 4 is 23.2 Å². The molecule has 0 aromatic heterocycles. The van der Waals surface area contributed by atoms with E-state index in [0.29, 0.717) is 35.7 Å². The van der Waals surface area contributed by atoms with Crippen LogP contribution in [-0.2, 0) is 4.79 Å². The average molecular weight is 384 g/mol. The second-order valence-corrected chi connectivity index (χ2v) is 6.80. The number of anilines is 2. The minimum atomic E-state index is -0.666. The standard InChI is InChI=1S/C22H25FN2O3/c1-4-6-13-24-19-12-9-16(23)14-20(19)25(18(5-2)22(24)27)21(26)15-7-10-17(28-3)11-8-15/h7-12,14,18H,4-6,13H2,1-3H3/t18-/m1/s1. The Morgan fingerprint density at radius 2 is 1.82 bits per heavy atom. The fourth-order valence-corrected chi connectivity index (χ4v) is 3.52. The van der Waals surface area contributed by atoms with Crippen LogP contribution in [0.3, 0.4) is 0 Å². The highest BCUT2D eigenvalue weighted by molar-refractivity contribution is 6.17. The fraction of sp³-hybridized carbons (Fsp3) is 0.364. The van der Waals surface area contributed by atoms with Crippen molar-refractivity contribution in [2.45, 2.75) is 39.2 Å². The summed E-state index contributed by atoms with van der Waals surface area (Å²) in [7, 11) is 1.55. The Morgan fingerprint density at radius 3 is 2.43 bits per heavy atom. The molecule has 0 fully saturated rings. The highest BCUT2D eigenvalue weighted by atomic mass is 19.1. The second kappa shape index (κ2) is 8.42. The first-order valence-corrected chi connectivity index (χ1v) is 9.60. The van der Waals surface area contributed by atoms with Gasteiger partial charge in [-0.3, -0.25) is 14.5 Å². The predicted octanol–water partition coefficient (Wildman–Crippen LogP) is 4.41. The van der Waals surface area contributed by atoms with E-state index in [9.17, 15) is 14.0 Å². The predicted molar refractivity (Wildman–Crippen MR) is 108 cm³/mol. The van der Waals surface area contributed by atoms with Crippen LogP contribution in [0.5, 0.6) is 5.75 Å². The van der Waals surface area contributed by atoms with E-state index >= 15 is 0 Å². The van der Waals surface area contributed by atoms with Crippen LogP contribution in [0.1, 0.15) is 43.5 Å². The molecule has 1 atom stereocenters. The molecule has 1 aliphatic rings. The van der Waals surface area contributed by atoms with Crippen LogP contribution < -0.4 is 14.5 Å². The van der Waals surface area contributed by atoms with E-state index < -0.39 is 11.9 Å². The molecular weight excluding hydrogens is 359 g/mol. The summed E-state index contributed by atoms with van der Waals surface area (Å²) in [5.41, 5.74) is 1.43. The number of unbranched alkanes of at least 4 members (excludes halogenated alkanes) is 1. The van der Waals surface area contributed by atoms with Gasteiger partial charge in [-0.15, -0.1) is 0 Å².